The molecule has 0 amide bonds. The highest BCUT2D eigenvalue weighted by Crippen LogP contribution is 2.27. The number of Topliss-reactive ketones (excluding diaryl/α,β-unsaturated/α-hetero) is 1. The molecule has 144 valence electrons. The quantitative estimate of drug-likeness (QED) is 0.570. The summed E-state index contributed by atoms with van der Waals surface area (Å²) < 4.78 is 11.9. The van der Waals surface area contributed by atoms with Crippen molar-refractivity contribution in [3.05, 3.63) is 63.6 Å². The Morgan fingerprint density at radius 1 is 1.26 bits per heavy atom. The number of carbonyl (C=O) groups excluding carboxylic acids is 1. The molecule has 0 unspecified atom stereocenters. The third kappa shape index (κ3) is 4.86. The summed E-state index contributed by atoms with van der Waals surface area (Å²) in [6, 6.07) is 8.40. The number of nitrogens with zero attached hydrogens (tertiary/aromatic N) is 1. The van der Waals surface area contributed by atoms with Crippen molar-refractivity contribution in [1.29, 1.82) is 0 Å². The van der Waals surface area contributed by atoms with Crippen LogP contribution < -0.4 is 10.3 Å². The lowest BCUT2D eigenvalue weighted by atomic mass is 9.97. The highest BCUT2D eigenvalue weighted by Gasteiger charge is 2.18. The molecule has 6 nitrogen and oxygen atoms in total. The lowest BCUT2D eigenvalue weighted by Gasteiger charge is -2.13. The summed E-state index contributed by atoms with van der Waals surface area (Å²) in [4.78, 5) is 25.3. The first-order valence-corrected chi connectivity index (χ1v) is 8.69. The molecule has 0 saturated heterocycles. The Labute approximate surface area is 158 Å². The van der Waals surface area contributed by atoms with Gasteiger partial charge in [-0.3, -0.25) is 9.59 Å². The first-order chi connectivity index (χ1) is 12.9. The Bertz CT molecular complexity index is 911. The van der Waals surface area contributed by atoms with Crippen molar-refractivity contribution >= 4 is 11.4 Å². The summed E-state index contributed by atoms with van der Waals surface area (Å²) >= 11 is 0. The monoisotopic (exact) mass is 371 g/mol. The van der Waals surface area contributed by atoms with Crippen LogP contribution in [0.15, 0.2) is 41.2 Å². The lowest BCUT2D eigenvalue weighted by molar-refractivity contribution is 0.0997. The second-order valence-corrected chi connectivity index (χ2v) is 6.19. The zero-order valence-corrected chi connectivity index (χ0v) is 16.1. The third-order valence-electron chi connectivity index (χ3n) is 4.38. The van der Waals surface area contributed by atoms with Gasteiger partial charge >= 0.3 is 0 Å². The van der Waals surface area contributed by atoms with Gasteiger partial charge in [0.25, 0.3) is 5.56 Å². The number of methoxy groups -OCH3 is 1. The molecule has 0 spiro atoms. The smallest absolute Gasteiger partial charge is 0.261 e. The maximum absolute atomic E-state index is 12.7. The number of rotatable bonds is 8. The molecular formula is C21H25NO5. The van der Waals surface area contributed by atoms with E-state index in [1.165, 1.54) is 10.6 Å². The zero-order chi connectivity index (χ0) is 20.0. The van der Waals surface area contributed by atoms with Gasteiger partial charge in [-0.05, 0) is 31.6 Å². The van der Waals surface area contributed by atoms with Gasteiger partial charge in [-0.15, -0.1) is 0 Å². The first-order valence-electron chi connectivity index (χ1n) is 8.69. The van der Waals surface area contributed by atoms with Crippen LogP contribution in [0.25, 0.3) is 5.57 Å². The number of allylic oxidation sites excluding steroid dienone is 2. The molecule has 1 aromatic carbocycles. The van der Waals surface area contributed by atoms with E-state index >= 15 is 0 Å². The molecule has 0 radical (unpaired) electrons. The van der Waals surface area contributed by atoms with Crippen molar-refractivity contribution in [2.75, 3.05) is 20.3 Å². The molecule has 0 aliphatic rings. The Balaban J connectivity index is 2.26. The minimum atomic E-state index is -0.329. The van der Waals surface area contributed by atoms with Crippen LogP contribution in [-0.4, -0.2) is 35.8 Å². The number of pyridine rings is 1. The van der Waals surface area contributed by atoms with E-state index in [0.717, 1.165) is 0 Å². The maximum Gasteiger partial charge on any atom is 0.261 e. The average molecular weight is 371 g/mol. The molecule has 0 aliphatic carbocycles. The average Bonchev–Trinajstić information content (AvgIpc) is 2.65. The number of benzene rings is 1. The zero-order valence-electron chi connectivity index (χ0n) is 16.1. The standard InChI is InChI=1S/C21H25NO5/c1-5-15(20-19(24)11-14(2)22(3)21(20)25)13-18(23)16-7-6-8-17(12-16)27-10-9-26-4/h5-8,11-12,24H,9-10,13H2,1-4H3/b15-5+. The molecule has 6 heteroatoms. The molecule has 0 fully saturated rings. The fraction of sp³-hybridized carbons (Fsp3) is 0.333. The summed E-state index contributed by atoms with van der Waals surface area (Å²) in [7, 11) is 3.23. The van der Waals surface area contributed by atoms with Gasteiger partial charge in [0, 0.05) is 37.9 Å². The minimum Gasteiger partial charge on any atom is -0.507 e. The van der Waals surface area contributed by atoms with E-state index in [-0.39, 0.29) is 29.1 Å². The van der Waals surface area contributed by atoms with Gasteiger partial charge in [0.2, 0.25) is 0 Å². The summed E-state index contributed by atoms with van der Waals surface area (Å²) in [5.41, 5.74) is 1.44. The number of aryl methyl sites for hydroxylation is 1. The molecule has 0 atom stereocenters. The van der Waals surface area contributed by atoms with Crippen LogP contribution >= 0.6 is 0 Å². The third-order valence-corrected chi connectivity index (χ3v) is 4.38. The second-order valence-electron chi connectivity index (χ2n) is 6.19. The predicted molar refractivity (Wildman–Crippen MR) is 104 cm³/mol. The number of aromatic nitrogens is 1. The molecular weight excluding hydrogens is 346 g/mol. The van der Waals surface area contributed by atoms with Gasteiger partial charge in [-0.2, -0.15) is 0 Å². The van der Waals surface area contributed by atoms with Crippen molar-refractivity contribution in [2.24, 2.45) is 7.05 Å². The van der Waals surface area contributed by atoms with Crippen LogP contribution in [0.2, 0.25) is 0 Å². The highest BCUT2D eigenvalue weighted by molar-refractivity contribution is 6.02. The first kappa shape index (κ1) is 20.5. The largest absolute Gasteiger partial charge is 0.507 e. The van der Waals surface area contributed by atoms with Crippen molar-refractivity contribution < 1.29 is 19.4 Å². The van der Waals surface area contributed by atoms with Gasteiger partial charge in [-0.1, -0.05) is 18.2 Å². The molecule has 1 aromatic heterocycles. The summed E-state index contributed by atoms with van der Waals surface area (Å²) in [5.74, 6) is 0.296. The van der Waals surface area contributed by atoms with Crippen molar-refractivity contribution in [3.8, 4) is 11.5 Å². The number of aromatic hydroxyl groups is 1. The lowest BCUT2D eigenvalue weighted by Crippen LogP contribution is -2.23. The number of hydrogen-bond donors (Lipinski definition) is 1. The maximum atomic E-state index is 12.7. The van der Waals surface area contributed by atoms with Crippen molar-refractivity contribution in [1.82, 2.24) is 4.57 Å². The number of hydrogen-bond acceptors (Lipinski definition) is 5. The molecule has 0 bridgehead atoms. The van der Waals surface area contributed by atoms with Gasteiger partial charge in [0.15, 0.2) is 5.78 Å². The van der Waals surface area contributed by atoms with Crippen LogP contribution in [-0.2, 0) is 11.8 Å². The van der Waals surface area contributed by atoms with E-state index in [0.29, 0.717) is 35.8 Å². The van der Waals surface area contributed by atoms with Crippen LogP contribution in [0.5, 0.6) is 11.5 Å². The molecule has 2 rings (SSSR count). The second kappa shape index (κ2) is 9.19. The Kier molecular flexibility index (Phi) is 6.96. The van der Waals surface area contributed by atoms with E-state index in [4.69, 9.17) is 9.47 Å². The summed E-state index contributed by atoms with van der Waals surface area (Å²) in [5, 5.41) is 10.2. The predicted octanol–water partition coefficient (Wildman–Crippen LogP) is 3.10. The summed E-state index contributed by atoms with van der Waals surface area (Å²) in [6.45, 7) is 4.32. The normalized spacial score (nSPS) is 11.5. The summed E-state index contributed by atoms with van der Waals surface area (Å²) in [6.07, 6.45) is 1.69. The fourth-order valence-corrected chi connectivity index (χ4v) is 2.72. The van der Waals surface area contributed by atoms with E-state index in [2.05, 4.69) is 0 Å². The van der Waals surface area contributed by atoms with E-state index in [9.17, 15) is 14.7 Å². The van der Waals surface area contributed by atoms with Gasteiger partial charge < -0.3 is 19.1 Å². The van der Waals surface area contributed by atoms with Gasteiger partial charge in [0.1, 0.15) is 18.1 Å². The highest BCUT2D eigenvalue weighted by atomic mass is 16.5. The number of carbonyl (C=O) groups is 1. The van der Waals surface area contributed by atoms with Crippen LogP contribution in [0.4, 0.5) is 0 Å². The van der Waals surface area contributed by atoms with E-state index in [1.807, 2.05) is 0 Å². The van der Waals surface area contributed by atoms with Crippen LogP contribution in [0.1, 0.15) is 35.0 Å². The van der Waals surface area contributed by atoms with E-state index < -0.39 is 0 Å². The van der Waals surface area contributed by atoms with Crippen LogP contribution in [0, 0.1) is 6.92 Å². The topological polar surface area (TPSA) is 77.8 Å². The molecule has 2 aromatic rings. The molecule has 1 N–H and O–H groups in total. The number of ether oxygens (including phenoxy) is 2. The Hall–Kier alpha value is -2.86. The van der Waals surface area contributed by atoms with Gasteiger partial charge in [-0.25, -0.2) is 0 Å². The molecule has 27 heavy (non-hydrogen) atoms. The van der Waals surface area contributed by atoms with E-state index in [1.54, 1.807) is 58.3 Å². The number of ketones is 1. The fourth-order valence-electron chi connectivity index (χ4n) is 2.72. The molecule has 0 aliphatic heterocycles. The molecule has 1 heterocycles. The SMILES string of the molecule is C/C=C(\CC(=O)c1cccc(OCCOC)c1)c1c(O)cc(C)n(C)c1=O. The Morgan fingerprint density at radius 3 is 2.67 bits per heavy atom. The van der Waals surface area contributed by atoms with Gasteiger partial charge in [0.05, 0.1) is 12.2 Å². The molecule has 0 saturated carbocycles. The van der Waals surface area contributed by atoms with Crippen molar-refractivity contribution in [3.63, 3.8) is 0 Å². The van der Waals surface area contributed by atoms with Crippen molar-refractivity contribution in [2.45, 2.75) is 20.3 Å². The van der Waals surface area contributed by atoms with Crippen LogP contribution in [0.3, 0.4) is 0 Å². The Morgan fingerprint density at radius 2 is 2.00 bits per heavy atom. The minimum absolute atomic E-state index is 0.00385.